The Morgan fingerprint density at radius 2 is 1.86 bits per heavy atom. The van der Waals surface area contributed by atoms with E-state index in [1.807, 2.05) is 0 Å². The zero-order valence-corrected chi connectivity index (χ0v) is 12.3. The van der Waals surface area contributed by atoms with E-state index >= 15 is 0 Å². The van der Waals surface area contributed by atoms with Gasteiger partial charge in [-0.3, -0.25) is 4.79 Å². The first kappa shape index (κ1) is 15.2. The maximum Gasteiger partial charge on any atom is 0.337 e. The van der Waals surface area contributed by atoms with Crippen molar-refractivity contribution in [1.29, 1.82) is 0 Å². The van der Waals surface area contributed by atoms with Crippen molar-refractivity contribution in [3.05, 3.63) is 23.8 Å². The van der Waals surface area contributed by atoms with Crippen molar-refractivity contribution in [3.63, 3.8) is 0 Å². The number of nitrogens with zero attached hydrogens (tertiary/aromatic N) is 1. The number of ether oxygens (including phenoxy) is 3. The van der Waals surface area contributed by atoms with Crippen LogP contribution in [0.2, 0.25) is 0 Å². The molecule has 6 nitrogen and oxygen atoms in total. The van der Waals surface area contributed by atoms with Gasteiger partial charge in [0.15, 0.2) is 18.1 Å². The van der Waals surface area contributed by atoms with Gasteiger partial charge in [-0.15, -0.1) is 0 Å². The van der Waals surface area contributed by atoms with Crippen LogP contribution in [-0.4, -0.2) is 50.7 Å². The summed E-state index contributed by atoms with van der Waals surface area (Å²) in [5.74, 6) is 0.337. The van der Waals surface area contributed by atoms with Crippen LogP contribution in [0.1, 0.15) is 23.2 Å². The number of likely N-dealkylation sites (tertiary alicyclic amines) is 1. The van der Waals surface area contributed by atoms with Crippen molar-refractivity contribution >= 4 is 11.9 Å². The van der Waals surface area contributed by atoms with E-state index in [1.54, 1.807) is 17.0 Å². The topological polar surface area (TPSA) is 65.1 Å². The Kier molecular flexibility index (Phi) is 5.03. The zero-order valence-electron chi connectivity index (χ0n) is 12.3. The normalized spacial score (nSPS) is 13.9. The quantitative estimate of drug-likeness (QED) is 0.769. The van der Waals surface area contributed by atoms with Crippen LogP contribution in [0.4, 0.5) is 0 Å². The molecule has 0 unspecified atom stereocenters. The number of amides is 1. The summed E-state index contributed by atoms with van der Waals surface area (Å²) in [4.78, 5) is 25.2. The minimum Gasteiger partial charge on any atom is -0.493 e. The summed E-state index contributed by atoms with van der Waals surface area (Å²) in [5, 5.41) is 0. The van der Waals surface area contributed by atoms with Crippen LogP contribution in [0.5, 0.6) is 11.5 Å². The monoisotopic (exact) mass is 293 g/mol. The number of esters is 1. The molecule has 1 amide bonds. The van der Waals surface area contributed by atoms with Crippen LogP contribution < -0.4 is 9.47 Å². The molecule has 21 heavy (non-hydrogen) atoms. The van der Waals surface area contributed by atoms with Gasteiger partial charge in [0.1, 0.15) is 0 Å². The molecule has 1 aromatic rings. The average molecular weight is 293 g/mol. The fourth-order valence-electron chi connectivity index (χ4n) is 2.23. The molecular formula is C15H19NO5. The Bertz CT molecular complexity index is 523. The summed E-state index contributed by atoms with van der Waals surface area (Å²) in [6, 6.07) is 4.70. The first-order chi connectivity index (χ1) is 10.2. The summed E-state index contributed by atoms with van der Waals surface area (Å²) >= 11 is 0. The molecule has 1 fully saturated rings. The molecule has 114 valence electrons. The second kappa shape index (κ2) is 6.97. The van der Waals surface area contributed by atoms with E-state index in [1.165, 1.54) is 20.3 Å². The summed E-state index contributed by atoms with van der Waals surface area (Å²) in [6.07, 6.45) is 2.09. The Hall–Kier alpha value is -2.24. The van der Waals surface area contributed by atoms with E-state index in [4.69, 9.17) is 9.47 Å². The van der Waals surface area contributed by atoms with Gasteiger partial charge in [0, 0.05) is 13.1 Å². The minimum atomic E-state index is -0.451. The van der Waals surface area contributed by atoms with E-state index in [2.05, 4.69) is 4.74 Å². The molecule has 1 heterocycles. The molecule has 0 saturated carbocycles. The predicted octanol–water partition coefficient (Wildman–Crippen LogP) is 1.48. The molecule has 0 bridgehead atoms. The fourth-order valence-corrected chi connectivity index (χ4v) is 2.23. The van der Waals surface area contributed by atoms with Crippen molar-refractivity contribution in [2.75, 3.05) is 33.9 Å². The van der Waals surface area contributed by atoms with E-state index in [9.17, 15) is 9.59 Å². The van der Waals surface area contributed by atoms with Crippen molar-refractivity contribution in [2.45, 2.75) is 12.8 Å². The SMILES string of the molecule is COC(=O)c1ccc(OCC(=O)N2CCCC2)c(OC)c1. The maximum absolute atomic E-state index is 11.9. The van der Waals surface area contributed by atoms with Crippen molar-refractivity contribution < 1.29 is 23.8 Å². The smallest absolute Gasteiger partial charge is 0.337 e. The lowest BCUT2D eigenvalue weighted by molar-refractivity contribution is -0.132. The van der Waals surface area contributed by atoms with Crippen LogP contribution >= 0.6 is 0 Å². The lowest BCUT2D eigenvalue weighted by atomic mass is 10.2. The van der Waals surface area contributed by atoms with E-state index in [-0.39, 0.29) is 12.5 Å². The summed E-state index contributed by atoms with van der Waals surface area (Å²) < 4.78 is 15.3. The van der Waals surface area contributed by atoms with Gasteiger partial charge in [0.05, 0.1) is 19.8 Å². The van der Waals surface area contributed by atoms with Gasteiger partial charge >= 0.3 is 5.97 Å². The molecule has 0 atom stereocenters. The number of carbonyl (C=O) groups excluding carboxylic acids is 2. The van der Waals surface area contributed by atoms with Crippen LogP contribution in [-0.2, 0) is 9.53 Å². The highest BCUT2D eigenvalue weighted by Crippen LogP contribution is 2.28. The Morgan fingerprint density at radius 3 is 2.48 bits per heavy atom. The Balaban J connectivity index is 2.02. The minimum absolute atomic E-state index is 0.0338. The molecule has 0 radical (unpaired) electrons. The van der Waals surface area contributed by atoms with Gasteiger partial charge < -0.3 is 19.1 Å². The molecule has 6 heteroatoms. The molecule has 1 aliphatic rings. The lowest BCUT2D eigenvalue weighted by Crippen LogP contribution is -2.32. The van der Waals surface area contributed by atoms with Gasteiger partial charge in [-0.05, 0) is 31.0 Å². The van der Waals surface area contributed by atoms with Crippen molar-refractivity contribution in [2.24, 2.45) is 0 Å². The summed E-state index contributed by atoms with van der Waals surface area (Å²) in [6.45, 7) is 1.55. The van der Waals surface area contributed by atoms with Crippen molar-refractivity contribution in [3.8, 4) is 11.5 Å². The standard InChI is InChI=1S/C15H19NO5/c1-19-13-9-11(15(18)20-2)5-6-12(13)21-10-14(17)16-7-3-4-8-16/h5-6,9H,3-4,7-8,10H2,1-2H3. The highest BCUT2D eigenvalue weighted by molar-refractivity contribution is 5.90. The van der Waals surface area contributed by atoms with E-state index in [0.717, 1.165) is 25.9 Å². The molecule has 0 aromatic heterocycles. The summed E-state index contributed by atoms with van der Waals surface area (Å²) in [5.41, 5.74) is 0.368. The molecule has 1 aromatic carbocycles. The van der Waals surface area contributed by atoms with Gasteiger partial charge in [-0.1, -0.05) is 0 Å². The van der Waals surface area contributed by atoms with E-state index < -0.39 is 5.97 Å². The van der Waals surface area contributed by atoms with Gasteiger partial charge in [0.25, 0.3) is 5.91 Å². The maximum atomic E-state index is 11.9. The molecule has 1 saturated heterocycles. The second-order valence-corrected chi connectivity index (χ2v) is 4.73. The number of rotatable bonds is 5. The van der Waals surface area contributed by atoms with Crippen molar-refractivity contribution in [1.82, 2.24) is 4.90 Å². The number of methoxy groups -OCH3 is 2. The molecule has 0 aliphatic carbocycles. The van der Waals surface area contributed by atoms with Crippen LogP contribution in [0.3, 0.4) is 0 Å². The zero-order chi connectivity index (χ0) is 15.2. The lowest BCUT2D eigenvalue weighted by Gasteiger charge is -2.16. The van der Waals surface area contributed by atoms with Crippen LogP contribution in [0.15, 0.2) is 18.2 Å². The molecular weight excluding hydrogens is 274 g/mol. The number of carbonyl (C=O) groups is 2. The van der Waals surface area contributed by atoms with E-state index in [0.29, 0.717) is 17.1 Å². The number of hydrogen-bond donors (Lipinski definition) is 0. The van der Waals surface area contributed by atoms with Gasteiger partial charge in [-0.25, -0.2) is 4.79 Å². The first-order valence-electron chi connectivity index (χ1n) is 6.82. The second-order valence-electron chi connectivity index (χ2n) is 4.73. The molecule has 1 aliphatic heterocycles. The van der Waals surface area contributed by atoms with Gasteiger partial charge in [0.2, 0.25) is 0 Å². The third-order valence-corrected chi connectivity index (χ3v) is 3.39. The third-order valence-electron chi connectivity index (χ3n) is 3.39. The average Bonchev–Trinajstić information content (AvgIpc) is 3.06. The Labute approximate surface area is 123 Å². The fraction of sp³-hybridized carbons (Fsp3) is 0.467. The molecule has 0 spiro atoms. The first-order valence-corrected chi connectivity index (χ1v) is 6.82. The predicted molar refractivity (Wildman–Crippen MR) is 75.6 cm³/mol. The van der Waals surface area contributed by atoms with Crippen LogP contribution in [0.25, 0.3) is 0 Å². The van der Waals surface area contributed by atoms with Crippen LogP contribution in [0, 0.1) is 0 Å². The number of benzene rings is 1. The Morgan fingerprint density at radius 1 is 1.14 bits per heavy atom. The molecule has 2 rings (SSSR count). The number of hydrogen-bond acceptors (Lipinski definition) is 5. The highest BCUT2D eigenvalue weighted by Gasteiger charge is 2.19. The largest absolute Gasteiger partial charge is 0.493 e. The highest BCUT2D eigenvalue weighted by atomic mass is 16.5. The molecule has 0 N–H and O–H groups in total. The third kappa shape index (κ3) is 3.65. The van der Waals surface area contributed by atoms with Gasteiger partial charge in [-0.2, -0.15) is 0 Å². The summed E-state index contributed by atoms with van der Waals surface area (Å²) in [7, 11) is 2.79.